The zero-order chi connectivity index (χ0) is 11.2. The van der Waals surface area contributed by atoms with Gasteiger partial charge in [0, 0.05) is 6.42 Å². The summed E-state index contributed by atoms with van der Waals surface area (Å²) < 4.78 is 0. The minimum atomic E-state index is -0.0347. The monoisotopic (exact) mass is 205 g/mol. The van der Waals surface area contributed by atoms with Gasteiger partial charge >= 0.3 is 0 Å². The molecule has 3 nitrogen and oxygen atoms in total. The lowest BCUT2D eigenvalue weighted by Gasteiger charge is -2.23. The summed E-state index contributed by atoms with van der Waals surface area (Å²) in [6, 6.07) is 1.74. The van der Waals surface area contributed by atoms with Gasteiger partial charge in [0.2, 0.25) is 0 Å². The Hall–Kier alpha value is -1.51. The first-order valence-electron chi connectivity index (χ1n) is 5.14. The molecule has 1 aromatic carbocycles. The zero-order valence-corrected chi connectivity index (χ0v) is 9.00. The number of phenols is 1. The second-order valence-electron chi connectivity index (χ2n) is 4.42. The first-order chi connectivity index (χ1) is 7.00. The molecule has 1 atom stereocenters. The molecule has 3 N–H and O–H groups in total. The number of rotatable bonds is 0. The molecule has 0 aromatic heterocycles. The molecule has 3 heteroatoms. The number of carbonyl (C=O) groups is 1. The fourth-order valence-electron chi connectivity index (χ4n) is 2.28. The Kier molecular flexibility index (Phi) is 2.18. The van der Waals surface area contributed by atoms with Gasteiger partial charge in [0.25, 0.3) is 0 Å². The zero-order valence-electron chi connectivity index (χ0n) is 9.00. The van der Waals surface area contributed by atoms with Gasteiger partial charge in [-0.25, -0.2) is 0 Å². The second-order valence-corrected chi connectivity index (χ2v) is 4.42. The Morgan fingerprint density at radius 2 is 2.13 bits per heavy atom. The van der Waals surface area contributed by atoms with Crippen LogP contribution in [0.15, 0.2) is 6.07 Å². The van der Waals surface area contributed by atoms with E-state index in [0.29, 0.717) is 23.6 Å². The molecule has 0 amide bonds. The summed E-state index contributed by atoms with van der Waals surface area (Å²) in [5, 5.41) is 9.78. The normalized spacial score (nSPS) is 20.1. The largest absolute Gasteiger partial charge is 0.505 e. The third-order valence-corrected chi connectivity index (χ3v) is 3.03. The van der Waals surface area contributed by atoms with Crippen molar-refractivity contribution in [3.8, 4) is 5.75 Å². The predicted molar refractivity (Wildman–Crippen MR) is 59.1 cm³/mol. The lowest BCUT2D eigenvalue weighted by molar-refractivity contribution is 0.0950. The average molecular weight is 205 g/mol. The molecule has 2 rings (SSSR count). The summed E-state index contributed by atoms with van der Waals surface area (Å²) >= 11 is 0. The molecule has 0 bridgehead atoms. The average Bonchev–Trinajstić information content (AvgIpc) is 2.13. The molecule has 1 aliphatic rings. The first kappa shape index (κ1) is 10.0. The predicted octanol–water partition coefficient (Wildman–Crippen LogP) is 2.05. The highest BCUT2D eigenvalue weighted by Crippen LogP contribution is 2.37. The van der Waals surface area contributed by atoms with Crippen LogP contribution < -0.4 is 5.73 Å². The Morgan fingerprint density at radius 1 is 1.47 bits per heavy atom. The highest BCUT2D eigenvalue weighted by Gasteiger charge is 2.27. The van der Waals surface area contributed by atoms with Gasteiger partial charge in [-0.05, 0) is 36.5 Å². The molecule has 0 radical (unpaired) electrons. The van der Waals surface area contributed by atoms with E-state index in [1.165, 1.54) is 0 Å². The number of anilines is 1. The smallest absolute Gasteiger partial charge is 0.167 e. The lowest BCUT2D eigenvalue weighted by Crippen LogP contribution is -2.19. The maximum absolute atomic E-state index is 11.8. The van der Waals surface area contributed by atoms with Gasteiger partial charge in [-0.2, -0.15) is 0 Å². The van der Waals surface area contributed by atoms with E-state index >= 15 is 0 Å². The molecular formula is C12H15NO2. The molecule has 1 aromatic rings. The van der Waals surface area contributed by atoms with Crippen molar-refractivity contribution in [2.24, 2.45) is 5.92 Å². The lowest BCUT2D eigenvalue weighted by atomic mass is 9.81. The highest BCUT2D eigenvalue weighted by atomic mass is 16.3. The van der Waals surface area contributed by atoms with Crippen LogP contribution in [0.4, 0.5) is 5.69 Å². The van der Waals surface area contributed by atoms with Crippen LogP contribution in [0.3, 0.4) is 0 Å². The molecule has 1 aliphatic carbocycles. The number of hydrogen-bond acceptors (Lipinski definition) is 3. The molecule has 0 aliphatic heterocycles. The van der Waals surface area contributed by atoms with Gasteiger partial charge in [-0.15, -0.1) is 0 Å². The Labute approximate surface area is 88.9 Å². The van der Waals surface area contributed by atoms with Crippen molar-refractivity contribution in [3.63, 3.8) is 0 Å². The van der Waals surface area contributed by atoms with Gasteiger partial charge in [0.1, 0.15) is 5.75 Å². The van der Waals surface area contributed by atoms with Crippen LogP contribution in [0.1, 0.15) is 34.8 Å². The summed E-state index contributed by atoms with van der Waals surface area (Å²) in [4.78, 5) is 11.8. The van der Waals surface area contributed by atoms with Crippen molar-refractivity contribution in [2.45, 2.75) is 26.7 Å². The third-order valence-electron chi connectivity index (χ3n) is 3.03. The van der Waals surface area contributed by atoms with Crippen molar-refractivity contribution in [3.05, 3.63) is 22.8 Å². The highest BCUT2D eigenvalue weighted by molar-refractivity contribution is 6.03. The van der Waals surface area contributed by atoms with Crippen LogP contribution in [-0.4, -0.2) is 10.9 Å². The van der Waals surface area contributed by atoms with Crippen molar-refractivity contribution in [1.82, 2.24) is 0 Å². The van der Waals surface area contributed by atoms with Crippen LogP contribution in [-0.2, 0) is 6.42 Å². The summed E-state index contributed by atoms with van der Waals surface area (Å²) in [6.07, 6.45) is 1.35. The molecule has 0 spiro atoms. The number of nitrogen functional groups attached to an aromatic ring is 1. The van der Waals surface area contributed by atoms with Crippen LogP contribution >= 0.6 is 0 Å². The number of Topliss-reactive ketones (excluding diaryl/α,β-unsaturated/α-hetero) is 1. The van der Waals surface area contributed by atoms with Crippen LogP contribution in [0, 0.1) is 12.8 Å². The maximum atomic E-state index is 11.8. The van der Waals surface area contributed by atoms with E-state index in [-0.39, 0.29) is 11.5 Å². The second kappa shape index (κ2) is 3.26. The minimum Gasteiger partial charge on any atom is -0.505 e. The first-order valence-corrected chi connectivity index (χ1v) is 5.14. The standard InChI is InChI=1S/C12H15NO2/c1-6-3-8-7(2)5-9(13)12(15)11(8)10(14)4-6/h5-6,15H,3-4,13H2,1-2H3/t6-/m1/s1. The molecule has 0 heterocycles. The van der Waals surface area contributed by atoms with Gasteiger partial charge in [-0.3, -0.25) is 4.79 Å². The minimum absolute atomic E-state index is 0.0108. The number of benzene rings is 1. The summed E-state index contributed by atoms with van der Waals surface area (Å²) in [5.41, 5.74) is 8.35. The number of phenolic OH excluding ortho intramolecular Hbond substituents is 1. The van der Waals surface area contributed by atoms with E-state index in [0.717, 1.165) is 17.5 Å². The van der Waals surface area contributed by atoms with Gasteiger partial charge in [-0.1, -0.05) is 6.92 Å². The number of carbonyl (C=O) groups excluding carboxylic acids is 1. The molecule has 0 saturated heterocycles. The topological polar surface area (TPSA) is 63.3 Å². The Bertz CT molecular complexity index is 438. The molecule has 80 valence electrons. The molecule has 0 saturated carbocycles. The van der Waals surface area contributed by atoms with E-state index in [1.807, 2.05) is 13.8 Å². The Balaban J connectivity index is 2.69. The van der Waals surface area contributed by atoms with Crippen LogP contribution in [0.5, 0.6) is 5.75 Å². The molecule has 0 fully saturated rings. The maximum Gasteiger partial charge on any atom is 0.167 e. The Morgan fingerprint density at radius 3 is 2.80 bits per heavy atom. The number of ketones is 1. The van der Waals surface area contributed by atoms with Crippen molar-refractivity contribution < 1.29 is 9.90 Å². The summed E-state index contributed by atoms with van der Waals surface area (Å²) in [7, 11) is 0. The van der Waals surface area contributed by atoms with Crippen LogP contribution in [0.25, 0.3) is 0 Å². The van der Waals surface area contributed by atoms with Gasteiger partial charge in [0.15, 0.2) is 5.78 Å². The summed E-state index contributed by atoms with van der Waals surface area (Å²) in [5.74, 6) is 0.330. The fraction of sp³-hybridized carbons (Fsp3) is 0.417. The number of fused-ring (bicyclic) bond motifs is 1. The van der Waals surface area contributed by atoms with E-state index in [4.69, 9.17) is 5.73 Å². The van der Waals surface area contributed by atoms with Crippen molar-refractivity contribution in [2.75, 3.05) is 5.73 Å². The third kappa shape index (κ3) is 1.48. The summed E-state index contributed by atoms with van der Waals surface area (Å²) in [6.45, 7) is 3.98. The quantitative estimate of drug-likeness (QED) is 0.503. The van der Waals surface area contributed by atoms with Gasteiger partial charge < -0.3 is 10.8 Å². The molecule has 15 heavy (non-hydrogen) atoms. The number of hydrogen-bond donors (Lipinski definition) is 2. The molecule has 0 unspecified atom stereocenters. The number of aromatic hydroxyl groups is 1. The van der Waals surface area contributed by atoms with E-state index < -0.39 is 0 Å². The fourth-order valence-corrected chi connectivity index (χ4v) is 2.28. The number of aryl methyl sites for hydroxylation is 1. The van der Waals surface area contributed by atoms with E-state index in [1.54, 1.807) is 6.07 Å². The van der Waals surface area contributed by atoms with Crippen molar-refractivity contribution in [1.29, 1.82) is 0 Å². The SMILES string of the molecule is Cc1cc(N)c(O)c2c1C[C@@H](C)CC2=O. The number of nitrogens with two attached hydrogens (primary N) is 1. The molecular weight excluding hydrogens is 190 g/mol. The van der Waals surface area contributed by atoms with Crippen molar-refractivity contribution >= 4 is 11.5 Å². The van der Waals surface area contributed by atoms with E-state index in [2.05, 4.69) is 0 Å². The van der Waals surface area contributed by atoms with Crippen LogP contribution in [0.2, 0.25) is 0 Å². The van der Waals surface area contributed by atoms with E-state index in [9.17, 15) is 9.90 Å². The van der Waals surface area contributed by atoms with Gasteiger partial charge in [0.05, 0.1) is 11.3 Å².